The van der Waals surface area contributed by atoms with E-state index in [9.17, 15) is 9.59 Å². The highest BCUT2D eigenvalue weighted by Crippen LogP contribution is 2.37. The van der Waals surface area contributed by atoms with E-state index in [0.717, 1.165) is 16.0 Å². The summed E-state index contributed by atoms with van der Waals surface area (Å²) < 4.78 is 5.78. The summed E-state index contributed by atoms with van der Waals surface area (Å²) >= 11 is 1.48. The van der Waals surface area contributed by atoms with Crippen LogP contribution < -0.4 is 4.74 Å². The molecule has 1 amide bonds. The molecule has 1 saturated heterocycles. The first-order valence-electron chi connectivity index (χ1n) is 10.4. The van der Waals surface area contributed by atoms with E-state index >= 15 is 0 Å². The topological polar surface area (TPSA) is 46.6 Å². The molecule has 1 aromatic heterocycles. The normalized spacial score (nSPS) is 14.5. The number of benzene rings is 2. The molecule has 2 heterocycles. The number of piperidine rings is 1. The molecule has 1 aliphatic rings. The van der Waals surface area contributed by atoms with Crippen molar-refractivity contribution >= 4 is 23.0 Å². The lowest BCUT2D eigenvalue weighted by Crippen LogP contribution is -2.40. The number of likely N-dealkylation sites (tertiary alicyclic amines) is 1. The Morgan fingerprint density at radius 1 is 1.00 bits per heavy atom. The van der Waals surface area contributed by atoms with Gasteiger partial charge < -0.3 is 9.64 Å². The molecule has 0 atom stereocenters. The Morgan fingerprint density at radius 2 is 1.63 bits per heavy atom. The minimum Gasteiger partial charge on any atom is -0.492 e. The van der Waals surface area contributed by atoms with Gasteiger partial charge in [-0.05, 0) is 31.4 Å². The van der Waals surface area contributed by atoms with E-state index in [-0.39, 0.29) is 17.6 Å². The van der Waals surface area contributed by atoms with E-state index in [1.807, 2.05) is 78.6 Å². The van der Waals surface area contributed by atoms with Gasteiger partial charge in [-0.25, -0.2) is 0 Å². The smallest absolute Gasteiger partial charge is 0.267 e. The lowest BCUT2D eigenvalue weighted by molar-refractivity contribution is 0.0651. The molecule has 0 radical (unpaired) electrons. The van der Waals surface area contributed by atoms with Gasteiger partial charge in [0.15, 0.2) is 5.78 Å². The van der Waals surface area contributed by atoms with Crippen LogP contribution in [0.1, 0.15) is 39.8 Å². The molecule has 0 N–H and O–H groups in total. The zero-order valence-corrected chi connectivity index (χ0v) is 17.9. The van der Waals surface area contributed by atoms with Crippen LogP contribution >= 0.6 is 11.3 Å². The third-order valence-corrected chi connectivity index (χ3v) is 6.62. The van der Waals surface area contributed by atoms with Crippen molar-refractivity contribution in [3.63, 3.8) is 0 Å². The number of ether oxygens (including phenoxy) is 1. The molecule has 3 aromatic rings. The number of carbonyl (C=O) groups excluding carboxylic acids is 2. The molecule has 1 aliphatic heterocycles. The second kappa shape index (κ2) is 9.26. The van der Waals surface area contributed by atoms with E-state index in [2.05, 4.69) is 0 Å². The Hall–Kier alpha value is -2.92. The Labute approximate surface area is 181 Å². The van der Waals surface area contributed by atoms with Crippen molar-refractivity contribution in [3.8, 4) is 16.2 Å². The van der Waals surface area contributed by atoms with Crippen LogP contribution in [0.25, 0.3) is 10.4 Å². The molecule has 0 bridgehead atoms. The Bertz CT molecular complexity index is 1010. The molecule has 5 heteroatoms. The average Bonchev–Trinajstić information content (AvgIpc) is 3.23. The van der Waals surface area contributed by atoms with Crippen molar-refractivity contribution in [2.24, 2.45) is 5.92 Å². The summed E-state index contributed by atoms with van der Waals surface area (Å²) in [6.07, 6.45) is 1.39. The molecule has 0 aliphatic carbocycles. The molecule has 0 saturated carbocycles. The van der Waals surface area contributed by atoms with Crippen molar-refractivity contribution in [2.45, 2.75) is 19.8 Å². The lowest BCUT2D eigenvalue weighted by atomic mass is 9.89. The number of ketones is 1. The SMILES string of the molecule is CCOc1cc(-c2ccccc2)sc1C(=O)N1CCC(C(=O)c2ccccc2)CC1. The van der Waals surface area contributed by atoms with Crippen LogP contribution in [-0.4, -0.2) is 36.3 Å². The van der Waals surface area contributed by atoms with E-state index < -0.39 is 0 Å². The molecular formula is C25H25NO3S. The van der Waals surface area contributed by atoms with Gasteiger partial charge in [-0.2, -0.15) is 0 Å². The van der Waals surface area contributed by atoms with Gasteiger partial charge in [-0.15, -0.1) is 11.3 Å². The number of Topliss-reactive ketones (excluding diaryl/α,β-unsaturated/α-hetero) is 1. The Kier molecular flexibility index (Phi) is 6.29. The third-order valence-electron chi connectivity index (χ3n) is 5.46. The lowest BCUT2D eigenvalue weighted by Gasteiger charge is -2.31. The van der Waals surface area contributed by atoms with Crippen molar-refractivity contribution in [2.75, 3.05) is 19.7 Å². The first-order valence-corrected chi connectivity index (χ1v) is 11.2. The number of nitrogens with zero attached hydrogens (tertiary/aromatic N) is 1. The first-order chi connectivity index (χ1) is 14.7. The second-order valence-electron chi connectivity index (χ2n) is 7.40. The molecule has 4 nitrogen and oxygen atoms in total. The van der Waals surface area contributed by atoms with Gasteiger partial charge >= 0.3 is 0 Å². The molecule has 30 heavy (non-hydrogen) atoms. The van der Waals surface area contributed by atoms with Crippen molar-refractivity contribution in [3.05, 3.63) is 77.2 Å². The van der Waals surface area contributed by atoms with Crippen LogP contribution in [0.3, 0.4) is 0 Å². The van der Waals surface area contributed by atoms with Crippen LogP contribution in [0.2, 0.25) is 0 Å². The van der Waals surface area contributed by atoms with Gasteiger partial charge in [0.25, 0.3) is 5.91 Å². The number of rotatable bonds is 6. The van der Waals surface area contributed by atoms with E-state index in [1.54, 1.807) is 0 Å². The molecule has 1 fully saturated rings. The zero-order chi connectivity index (χ0) is 20.9. The molecule has 154 valence electrons. The fourth-order valence-electron chi connectivity index (χ4n) is 3.86. The van der Waals surface area contributed by atoms with E-state index in [1.165, 1.54) is 11.3 Å². The highest BCUT2D eigenvalue weighted by Gasteiger charge is 2.30. The standard InChI is InChI=1S/C25H25NO3S/c1-2-29-21-17-22(18-9-5-3-6-10-18)30-24(21)25(28)26-15-13-20(14-16-26)23(27)19-11-7-4-8-12-19/h3-12,17,20H,2,13-16H2,1H3. The van der Waals surface area contributed by atoms with Crippen LogP contribution in [-0.2, 0) is 0 Å². The van der Waals surface area contributed by atoms with Gasteiger partial charge in [-0.3, -0.25) is 9.59 Å². The highest BCUT2D eigenvalue weighted by molar-refractivity contribution is 7.17. The molecule has 4 rings (SSSR count). The predicted octanol–water partition coefficient (Wildman–Crippen LogP) is 5.55. The Morgan fingerprint density at radius 3 is 2.27 bits per heavy atom. The zero-order valence-electron chi connectivity index (χ0n) is 17.0. The quantitative estimate of drug-likeness (QED) is 0.492. The molecule has 0 spiro atoms. The summed E-state index contributed by atoms with van der Waals surface area (Å²) in [7, 11) is 0. The van der Waals surface area contributed by atoms with Gasteiger partial charge in [0.05, 0.1) is 6.61 Å². The van der Waals surface area contributed by atoms with Gasteiger partial charge in [0, 0.05) is 29.4 Å². The maximum atomic E-state index is 13.3. The van der Waals surface area contributed by atoms with Crippen LogP contribution in [0.15, 0.2) is 66.7 Å². The van der Waals surface area contributed by atoms with Crippen molar-refractivity contribution in [1.82, 2.24) is 4.90 Å². The summed E-state index contributed by atoms with van der Waals surface area (Å²) in [6.45, 7) is 3.62. The fourth-order valence-corrected chi connectivity index (χ4v) is 4.93. The number of hydrogen-bond acceptors (Lipinski definition) is 4. The van der Waals surface area contributed by atoms with Crippen LogP contribution in [0, 0.1) is 5.92 Å². The van der Waals surface area contributed by atoms with Gasteiger partial charge in [0.2, 0.25) is 0 Å². The summed E-state index contributed by atoms with van der Waals surface area (Å²) in [5.41, 5.74) is 1.83. The fraction of sp³-hybridized carbons (Fsp3) is 0.280. The molecule has 0 unspecified atom stereocenters. The number of amides is 1. The average molecular weight is 420 g/mol. The van der Waals surface area contributed by atoms with Gasteiger partial charge in [-0.1, -0.05) is 60.7 Å². The monoisotopic (exact) mass is 419 g/mol. The van der Waals surface area contributed by atoms with Gasteiger partial charge in [0.1, 0.15) is 10.6 Å². The van der Waals surface area contributed by atoms with E-state index in [0.29, 0.717) is 43.2 Å². The predicted molar refractivity (Wildman–Crippen MR) is 120 cm³/mol. The maximum absolute atomic E-state index is 13.3. The molecule has 2 aromatic carbocycles. The van der Waals surface area contributed by atoms with Crippen molar-refractivity contribution in [1.29, 1.82) is 0 Å². The second-order valence-corrected chi connectivity index (χ2v) is 8.45. The highest BCUT2D eigenvalue weighted by atomic mass is 32.1. The van der Waals surface area contributed by atoms with Crippen LogP contribution in [0.4, 0.5) is 0 Å². The number of thiophene rings is 1. The minimum atomic E-state index is -0.0222. The Balaban J connectivity index is 1.47. The first kappa shape index (κ1) is 20.4. The summed E-state index contributed by atoms with van der Waals surface area (Å²) in [5.74, 6) is 0.802. The minimum absolute atomic E-state index is 0.00348. The summed E-state index contributed by atoms with van der Waals surface area (Å²) in [5, 5.41) is 0. The summed E-state index contributed by atoms with van der Waals surface area (Å²) in [4.78, 5) is 29.5. The van der Waals surface area contributed by atoms with Crippen molar-refractivity contribution < 1.29 is 14.3 Å². The third kappa shape index (κ3) is 4.31. The van der Waals surface area contributed by atoms with Crippen LogP contribution in [0.5, 0.6) is 5.75 Å². The largest absolute Gasteiger partial charge is 0.492 e. The maximum Gasteiger partial charge on any atom is 0.267 e. The number of hydrogen-bond donors (Lipinski definition) is 0. The summed E-state index contributed by atoms with van der Waals surface area (Å²) in [6, 6.07) is 21.4. The molecular weight excluding hydrogens is 394 g/mol. The van der Waals surface area contributed by atoms with E-state index in [4.69, 9.17) is 4.74 Å². The number of carbonyl (C=O) groups is 2.